The third-order valence-corrected chi connectivity index (χ3v) is 9.76. The van der Waals surface area contributed by atoms with Gasteiger partial charge in [-0.05, 0) is 71.8 Å². The molecule has 2 fully saturated rings. The molecule has 1 aromatic heterocycles. The Labute approximate surface area is 265 Å². The summed E-state index contributed by atoms with van der Waals surface area (Å²) in [5.74, 6) is 0.613. The van der Waals surface area contributed by atoms with Crippen molar-refractivity contribution in [3.05, 3.63) is 101 Å². The molecule has 3 heterocycles. The van der Waals surface area contributed by atoms with Crippen LogP contribution in [0.15, 0.2) is 79.3 Å². The second-order valence-electron chi connectivity index (χ2n) is 12.5. The molecule has 0 unspecified atom stereocenters. The SMILES string of the molecule is CC[C@H]1CCN(C[C@@H]2CCCN2C(=O)Cc2cncn2Cc2ccc3ccccc3c2)[C@@H]1C(=O)N(C)Cc1cccc(Cl)c1. The van der Waals surface area contributed by atoms with Crippen molar-refractivity contribution in [1.29, 1.82) is 0 Å². The molecule has 2 aliphatic rings. The number of benzene rings is 3. The van der Waals surface area contributed by atoms with Gasteiger partial charge in [0.05, 0.1) is 18.8 Å². The monoisotopic (exact) mass is 611 g/mol. The molecule has 44 heavy (non-hydrogen) atoms. The largest absolute Gasteiger partial charge is 0.340 e. The molecule has 230 valence electrons. The van der Waals surface area contributed by atoms with Crippen molar-refractivity contribution >= 4 is 34.2 Å². The maximum atomic E-state index is 13.8. The van der Waals surface area contributed by atoms with Crippen LogP contribution in [0.1, 0.15) is 49.4 Å². The average molecular weight is 612 g/mol. The van der Waals surface area contributed by atoms with Gasteiger partial charge in [-0.2, -0.15) is 0 Å². The van der Waals surface area contributed by atoms with E-state index in [2.05, 4.69) is 68.7 Å². The number of likely N-dealkylation sites (tertiary alicyclic amines) is 2. The van der Waals surface area contributed by atoms with E-state index in [1.54, 1.807) is 0 Å². The Hall–Kier alpha value is -3.68. The number of aromatic nitrogens is 2. The second-order valence-corrected chi connectivity index (χ2v) is 12.9. The first-order chi connectivity index (χ1) is 21.4. The number of likely N-dealkylation sites (N-methyl/N-ethyl adjacent to an activating group) is 1. The Morgan fingerprint density at radius 3 is 2.64 bits per heavy atom. The van der Waals surface area contributed by atoms with E-state index in [9.17, 15) is 9.59 Å². The number of halogens is 1. The zero-order valence-electron chi connectivity index (χ0n) is 25.7. The average Bonchev–Trinajstić information content (AvgIpc) is 3.77. The van der Waals surface area contributed by atoms with Gasteiger partial charge in [0, 0.05) is 56.2 Å². The van der Waals surface area contributed by atoms with E-state index in [0.29, 0.717) is 30.5 Å². The standard InChI is InChI=1S/C36H42ClN5O2/c1-3-28-15-17-40(35(28)36(44)39(2)22-26-8-6-11-31(37)19-26)24-32-12-7-16-42(32)34(43)20-33-21-38-25-41(33)23-27-13-14-29-9-4-5-10-30(29)18-27/h4-6,8-11,13-14,18-19,21,25,28,32,35H,3,7,12,15-17,20,22-24H2,1-2H3/t28-,32-,35-/m0/s1. The fourth-order valence-electron chi connectivity index (χ4n) is 7.18. The van der Waals surface area contributed by atoms with Gasteiger partial charge in [0.2, 0.25) is 11.8 Å². The van der Waals surface area contributed by atoms with Gasteiger partial charge in [-0.25, -0.2) is 4.98 Å². The third-order valence-electron chi connectivity index (χ3n) is 9.53. The van der Waals surface area contributed by atoms with Crippen molar-refractivity contribution < 1.29 is 9.59 Å². The number of imidazole rings is 1. The maximum Gasteiger partial charge on any atom is 0.240 e. The van der Waals surface area contributed by atoms with Crippen LogP contribution in [-0.4, -0.2) is 74.8 Å². The minimum atomic E-state index is -0.162. The Kier molecular flexibility index (Phi) is 9.33. The van der Waals surface area contributed by atoms with E-state index in [0.717, 1.165) is 56.6 Å². The number of amides is 2. The van der Waals surface area contributed by atoms with Crippen LogP contribution in [0, 0.1) is 5.92 Å². The van der Waals surface area contributed by atoms with Crippen LogP contribution in [0.25, 0.3) is 10.8 Å². The summed E-state index contributed by atoms with van der Waals surface area (Å²) in [6.45, 7) is 5.77. The summed E-state index contributed by atoms with van der Waals surface area (Å²) in [6, 6.07) is 22.5. The molecule has 3 atom stereocenters. The predicted octanol–water partition coefficient (Wildman–Crippen LogP) is 6.03. The number of hydrogen-bond acceptors (Lipinski definition) is 4. The van der Waals surface area contributed by atoms with Gasteiger partial charge in [0.1, 0.15) is 0 Å². The molecular weight excluding hydrogens is 570 g/mol. The Morgan fingerprint density at radius 1 is 0.977 bits per heavy atom. The molecule has 2 amide bonds. The molecule has 8 heteroatoms. The van der Waals surface area contributed by atoms with Crippen LogP contribution in [0.2, 0.25) is 5.02 Å². The van der Waals surface area contributed by atoms with Gasteiger partial charge in [-0.1, -0.05) is 73.5 Å². The summed E-state index contributed by atoms with van der Waals surface area (Å²) in [5, 5.41) is 3.11. The summed E-state index contributed by atoms with van der Waals surface area (Å²) >= 11 is 6.20. The molecule has 6 rings (SSSR count). The quantitative estimate of drug-likeness (QED) is 0.220. The van der Waals surface area contributed by atoms with Crippen LogP contribution in [0.3, 0.4) is 0 Å². The van der Waals surface area contributed by atoms with Crippen LogP contribution >= 0.6 is 11.6 Å². The number of fused-ring (bicyclic) bond motifs is 1. The number of nitrogens with zero attached hydrogens (tertiary/aromatic N) is 5. The fraction of sp³-hybridized carbons (Fsp3) is 0.417. The lowest BCUT2D eigenvalue weighted by atomic mass is 9.96. The topological polar surface area (TPSA) is 61.7 Å². The summed E-state index contributed by atoms with van der Waals surface area (Å²) in [7, 11) is 1.89. The van der Waals surface area contributed by atoms with Gasteiger partial charge < -0.3 is 14.4 Å². The molecule has 2 saturated heterocycles. The predicted molar refractivity (Wildman–Crippen MR) is 175 cm³/mol. The minimum absolute atomic E-state index is 0.114. The fourth-order valence-corrected chi connectivity index (χ4v) is 7.40. The zero-order chi connectivity index (χ0) is 30.6. The highest BCUT2D eigenvalue weighted by atomic mass is 35.5. The van der Waals surface area contributed by atoms with E-state index in [1.807, 2.05) is 48.7 Å². The Morgan fingerprint density at radius 2 is 1.82 bits per heavy atom. The number of rotatable bonds is 10. The van der Waals surface area contributed by atoms with Crippen molar-refractivity contribution in [3.8, 4) is 0 Å². The summed E-state index contributed by atoms with van der Waals surface area (Å²) in [5.41, 5.74) is 3.14. The van der Waals surface area contributed by atoms with Crippen LogP contribution < -0.4 is 0 Å². The molecule has 0 bridgehead atoms. The molecule has 4 aromatic rings. The summed E-state index contributed by atoms with van der Waals surface area (Å²) in [6.07, 6.45) is 7.90. The van der Waals surface area contributed by atoms with Crippen molar-refractivity contribution in [1.82, 2.24) is 24.3 Å². The van der Waals surface area contributed by atoms with E-state index in [-0.39, 0.29) is 23.9 Å². The van der Waals surface area contributed by atoms with E-state index >= 15 is 0 Å². The molecule has 7 nitrogen and oxygen atoms in total. The molecule has 0 spiro atoms. The van der Waals surface area contributed by atoms with Gasteiger partial charge in [0.15, 0.2) is 0 Å². The Balaban J connectivity index is 1.10. The van der Waals surface area contributed by atoms with Crippen LogP contribution in [-0.2, 0) is 29.1 Å². The lowest BCUT2D eigenvalue weighted by molar-refractivity contribution is -0.137. The first-order valence-corrected chi connectivity index (χ1v) is 16.3. The first-order valence-electron chi connectivity index (χ1n) is 15.9. The molecule has 0 radical (unpaired) electrons. The minimum Gasteiger partial charge on any atom is -0.340 e. The molecule has 0 aliphatic carbocycles. The highest BCUT2D eigenvalue weighted by Gasteiger charge is 2.42. The number of carbonyl (C=O) groups is 2. The first kappa shape index (κ1) is 30.4. The molecule has 3 aromatic carbocycles. The number of hydrogen-bond donors (Lipinski definition) is 0. The number of carbonyl (C=O) groups excluding carboxylic acids is 2. The van der Waals surface area contributed by atoms with Gasteiger partial charge in [-0.3, -0.25) is 14.5 Å². The maximum absolute atomic E-state index is 13.8. The normalized spacial score (nSPS) is 20.4. The van der Waals surface area contributed by atoms with Gasteiger partial charge >= 0.3 is 0 Å². The summed E-state index contributed by atoms with van der Waals surface area (Å²) in [4.78, 5) is 38.2. The van der Waals surface area contributed by atoms with Crippen molar-refractivity contribution in [2.45, 2.75) is 64.2 Å². The Bertz CT molecular complexity index is 1620. The van der Waals surface area contributed by atoms with Gasteiger partial charge in [-0.15, -0.1) is 0 Å². The van der Waals surface area contributed by atoms with E-state index < -0.39 is 0 Å². The summed E-state index contributed by atoms with van der Waals surface area (Å²) < 4.78 is 2.09. The zero-order valence-corrected chi connectivity index (χ0v) is 26.5. The molecule has 0 N–H and O–H groups in total. The lowest BCUT2D eigenvalue weighted by Gasteiger charge is -2.34. The lowest BCUT2D eigenvalue weighted by Crippen LogP contribution is -2.51. The van der Waals surface area contributed by atoms with Gasteiger partial charge in [0.25, 0.3) is 0 Å². The highest BCUT2D eigenvalue weighted by molar-refractivity contribution is 6.30. The van der Waals surface area contributed by atoms with Crippen molar-refractivity contribution in [2.75, 3.05) is 26.7 Å². The second kappa shape index (κ2) is 13.5. The molecule has 2 aliphatic heterocycles. The molecular formula is C36H42ClN5O2. The van der Waals surface area contributed by atoms with Crippen molar-refractivity contribution in [3.63, 3.8) is 0 Å². The van der Waals surface area contributed by atoms with Crippen LogP contribution in [0.5, 0.6) is 0 Å². The third kappa shape index (κ3) is 6.69. The van der Waals surface area contributed by atoms with Crippen LogP contribution in [0.4, 0.5) is 0 Å². The molecule has 0 saturated carbocycles. The van der Waals surface area contributed by atoms with Crippen molar-refractivity contribution in [2.24, 2.45) is 5.92 Å². The van der Waals surface area contributed by atoms with E-state index in [1.165, 1.54) is 16.3 Å². The van der Waals surface area contributed by atoms with E-state index in [4.69, 9.17) is 11.6 Å². The smallest absolute Gasteiger partial charge is 0.240 e. The highest BCUT2D eigenvalue weighted by Crippen LogP contribution is 2.31.